The zero-order valence-electron chi connectivity index (χ0n) is 15.5. The van der Waals surface area contributed by atoms with Crippen molar-refractivity contribution in [3.63, 3.8) is 0 Å². The maximum Gasteiger partial charge on any atom is 0.335 e. The van der Waals surface area contributed by atoms with Crippen molar-refractivity contribution >= 4 is 17.6 Å². The summed E-state index contributed by atoms with van der Waals surface area (Å²) in [5.74, 6) is -1.71. The summed E-state index contributed by atoms with van der Waals surface area (Å²) in [4.78, 5) is 11.1. The van der Waals surface area contributed by atoms with Crippen LogP contribution >= 0.6 is 11.6 Å². The molecule has 1 aliphatic rings. The number of hydrogen-bond donors (Lipinski definition) is 1. The van der Waals surface area contributed by atoms with Gasteiger partial charge in [-0.3, -0.25) is 4.68 Å². The number of nitrogens with zero attached hydrogens (tertiary/aromatic N) is 2. The fourth-order valence-corrected chi connectivity index (χ4v) is 4.16. The molecule has 0 saturated carbocycles. The van der Waals surface area contributed by atoms with Crippen molar-refractivity contribution < 1.29 is 14.3 Å². The summed E-state index contributed by atoms with van der Waals surface area (Å²) in [6.45, 7) is 2.55. The summed E-state index contributed by atoms with van der Waals surface area (Å²) < 4.78 is 16.6. The van der Waals surface area contributed by atoms with Gasteiger partial charge in [-0.1, -0.05) is 23.7 Å². The number of aromatic nitrogens is 2. The van der Waals surface area contributed by atoms with Crippen LogP contribution in [-0.4, -0.2) is 20.9 Å². The molecule has 1 aliphatic carbocycles. The molecule has 0 saturated heterocycles. The van der Waals surface area contributed by atoms with Gasteiger partial charge in [-0.25, -0.2) is 9.18 Å². The molecule has 28 heavy (non-hydrogen) atoms. The number of carbonyl (C=O) groups is 1. The van der Waals surface area contributed by atoms with Gasteiger partial charge in [0.2, 0.25) is 0 Å². The van der Waals surface area contributed by atoms with Crippen LogP contribution in [-0.2, 0) is 19.4 Å². The van der Waals surface area contributed by atoms with E-state index in [0.29, 0.717) is 22.8 Å². The third kappa shape index (κ3) is 3.31. The van der Waals surface area contributed by atoms with Crippen LogP contribution < -0.4 is 0 Å². The van der Waals surface area contributed by atoms with Gasteiger partial charge < -0.3 is 5.11 Å². The first-order valence-corrected chi connectivity index (χ1v) is 9.69. The van der Waals surface area contributed by atoms with Crippen molar-refractivity contribution in [3.05, 3.63) is 75.2 Å². The average molecular weight is 399 g/mol. The first-order chi connectivity index (χ1) is 13.5. The van der Waals surface area contributed by atoms with Crippen LogP contribution in [0.1, 0.15) is 45.6 Å². The van der Waals surface area contributed by atoms with Crippen LogP contribution in [0.5, 0.6) is 0 Å². The molecular formula is C22H20ClFN2O2. The monoisotopic (exact) mass is 398 g/mol. The highest BCUT2D eigenvalue weighted by atomic mass is 35.5. The van der Waals surface area contributed by atoms with Gasteiger partial charge in [0.1, 0.15) is 5.82 Å². The largest absolute Gasteiger partial charge is 0.478 e. The number of carboxylic acid groups (broad SMARTS) is 1. The number of benzene rings is 2. The first-order valence-electron chi connectivity index (χ1n) is 9.31. The van der Waals surface area contributed by atoms with Crippen molar-refractivity contribution in [1.29, 1.82) is 0 Å². The van der Waals surface area contributed by atoms with Gasteiger partial charge in [0.05, 0.1) is 17.8 Å². The van der Waals surface area contributed by atoms with E-state index in [0.717, 1.165) is 54.1 Å². The Bertz CT molecular complexity index is 1050. The maximum absolute atomic E-state index is 14.7. The van der Waals surface area contributed by atoms with E-state index in [1.54, 1.807) is 0 Å². The molecule has 0 atom stereocenters. The van der Waals surface area contributed by atoms with Crippen molar-refractivity contribution in [2.75, 3.05) is 0 Å². The molecule has 0 bridgehead atoms. The smallest absolute Gasteiger partial charge is 0.335 e. The maximum atomic E-state index is 14.7. The molecule has 1 aromatic heterocycles. The first kappa shape index (κ1) is 18.7. The fraction of sp³-hybridized carbons (Fsp3) is 0.273. The van der Waals surface area contributed by atoms with Gasteiger partial charge in [-0.15, -0.1) is 0 Å². The van der Waals surface area contributed by atoms with Crippen molar-refractivity contribution in [2.24, 2.45) is 0 Å². The second kappa shape index (κ2) is 7.40. The Morgan fingerprint density at radius 3 is 2.75 bits per heavy atom. The number of aromatic carboxylic acids is 1. The van der Waals surface area contributed by atoms with Gasteiger partial charge >= 0.3 is 5.97 Å². The number of fused-ring (bicyclic) bond motifs is 1. The second-order valence-electron chi connectivity index (χ2n) is 7.17. The van der Waals surface area contributed by atoms with E-state index < -0.39 is 11.8 Å². The number of rotatable bonds is 4. The Kier molecular flexibility index (Phi) is 4.94. The summed E-state index contributed by atoms with van der Waals surface area (Å²) in [6, 6.07) is 9.80. The molecule has 4 nitrogen and oxygen atoms in total. The quantitative estimate of drug-likeness (QED) is 0.650. The zero-order valence-corrected chi connectivity index (χ0v) is 16.3. The van der Waals surface area contributed by atoms with E-state index >= 15 is 0 Å². The minimum atomic E-state index is -1.15. The highest BCUT2D eigenvalue weighted by Crippen LogP contribution is 2.34. The average Bonchev–Trinajstić information content (AvgIpc) is 3.03. The number of halogens is 2. The second-order valence-corrected chi connectivity index (χ2v) is 7.58. The lowest BCUT2D eigenvalue weighted by atomic mass is 9.93. The Balaban J connectivity index is 1.81. The van der Waals surface area contributed by atoms with Gasteiger partial charge in [-0.05, 0) is 68.0 Å². The fourth-order valence-electron chi connectivity index (χ4n) is 3.87. The molecule has 3 aromatic rings. The molecule has 6 heteroatoms. The van der Waals surface area contributed by atoms with Crippen molar-refractivity contribution in [2.45, 2.75) is 39.2 Å². The molecule has 1 heterocycles. The summed E-state index contributed by atoms with van der Waals surface area (Å²) >= 11 is 6.40. The molecule has 0 amide bonds. The molecule has 144 valence electrons. The number of aryl methyl sites for hydroxylation is 1. The standard InChI is InChI=1S/C22H20ClFN2O2/c1-13-5-4-7-18(23)17(13)12-26-20-8-3-2-6-16(20)21(25-26)15-10-9-14(22(27)28)11-19(15)24/h4-5,7,9-11H,2-3,6,8,12H2,1H3,(H,27,28). The molecule has 4 rings (SSSR count). The van der Waals surface area contributed by atoms with E-state index in [1.165, 1.54) is 12.1 Å². The van der Waals surface area contributed by atoms with E-state index in [9.17, 15) is 9.18 Å². The minimum absolute atomic E-state index is 0.0683. The van der Waals surface area contributed by atoms with Crippen molar-refractivity contribution in [3.8, 4) is 11.3 Å². The summed E-state index contributed by atoms with van der Waals surface area (Å²) in [7, 11) is 0. The van der Waals surface area contributed by atoms with Crippen LogP contribution in [0.15, 0.2) is 36.4 Å². The number of hydrogen-bond acceptors (Lipinski definition) is 2. The van der Waals surface area contributed by atoms with Gasteiger partial charge in [0, 0.05) is 21.8 Å². The van der Waals surface area contributed by atoms with Crippen LogP contribution in [0.25, 0.3) is 11.3 Å². The Hall–Kier alpha value is -2.66. The molecule has 0 unspecified atom stereocenters. The molecule has 0 aliphatic heterocycles. The summed E-state index contributed by atoms with van der Waals surface area (Å²) in [6.07, 6.45) is 3.83. The van der Waals surface area contributed by atoms with Gasteiger partial charge in [0.25, 0.3) is 0 Å². The Labute approximate surface area is 167 Å². The summed E-state index contributed by atoms with van der Waals surface area (Å²) in [5.41, 5.74) is 5.15. The minimum Gasteiger partial charge on any atom is -0.478 e. The molecule has 0 fully saturated rings. The predicted octanol–water partition coefficient (Wildman–Crippen LogP) is 5.28. The third-order valence-corrected chi connectivity index (χ3v) is 5.74. The van der Waals surface area contributed by atoms with Crippen LogP contribution in [0, 0.1) is 12.7 Å². The van der Waals surface area contributed by atoms with Gasteiger partial charge in [0.15, 0.2) is 0 Å². The van der Waals surface area contributed by atoms with Crippen LogP contribution in [0.4, 0.5) is 4.39 Å². The lowest BCUT2D eigenvalue weighted by Crippen LogP contribution is -2.11. The normalized spacial score (nSPS) is 13.4. The predicted molar refractivity (Wildman–Crippen MR) is 107 cm³/mol. The van der Waals surface area contributed by atoms with E-state index in [-0.39, 0.29) is 5.56 Å². The highest BCUT2D eigenvalue weighted by molar-refractivity contribution is 6.31. The van der Waals surface area contributed by atoms with Gasteiger partial charge in [-0.2, -0.15) is 5.10 Å². The molecule has 1 N–H and O–H groups in total. The van der Waals surface area contributed by atoms with E-state index in [1.807, 2.05) is 29.8 Å². The van der Waals surface area contributed by atoms with Crippen molar-refractivity contribution in [1.82, 2.24) is 9.78 Å². The summed E-state index contributed by atoms with van der Waals surface area (Å²) in [5, 5.41) is 14.5. The van der Waals surface area contributed by atoms with E-state index in [4.69, 9.17) is 21.8 Å². The number of carboxylic acids is 1. The SMILES string of the molecule is Cc1cccc(Cl)c1Cn1nc(-c2ccc(C(=O)O)cc2F)c2c1CCCC2. The Morgan fingerprint density at radius 2 is 2.04 bits per heavy atom. The lowest BCUT2D eigenvalue weighted by molar-refractivity contribution is 0.0696. The third-order valence-electron chi connectivity index (χ3n) is 5.39. The molecule has 0 spiro atoms. The molecule has 0 radical (unpaired) electrons. The van der Waals surface area contributed by atoms with Crippen LogP contribution in [0.2, 0.25) is 5.02 Å². The zero-order chi connectivity index (χ0) is 19.8. The van der Waals surface area contributed by atoms with Crippen LogP contribution in [0.3, 0.4) is 0 Å². The molecular weight excluding hydrogens is 379 g/mol. The Morgan fingerprint density at radius 1 is 1.25 bits per heavy atom. The topological polar surface area (TPSA) is 55.1 Å². The highest BCUT2D eigenvalue weighted by Gasteiger charge is 2.24. The lowest BCUT2D eigenvalue weighted by Gasteiger charge is -2.15. The molecule has 2 aromatic carbocycles. The van der Waals surface area contributed by atoms with E-state index in [2.05, 4.69) is 0 Å².